The van der Waals surface area contributed by atoms with Gasteiger partial charge in [0.2, 0.25) is 0 Å². The smallest absolute Gasteiger partial charge is 0.113 e. The van der Waals surface area contributed by atoms with Crippen molar-refractivity contribution in [2.24, 2.45) is 0 Å². The van der Waals surface area contributed by atoms with Crippen molar-refractivity contribution in [3.05, 3.63) is 44.8 Å². The van der Waals surface area contributed by atoms with Crippen molar-refractivity contribution in [1.29, 1.82) is 0 Å². The summed E-state index contributed by atoms with van der Waals surface area (Å²) in [5, 5.41) is 5.43. The van der Waals surface area contributed by atoms with Gasteiger partial charge >= 0.3 is 0 Å². The summed E-state index contributed by atoms with van der Waals surface area (Å²) in [6, 6.07) is 8.38. The van der Waals surface area contributed by atoms with Gasteiger partial charge in [-0.3, -0.25) is 0 Å². The van der Waals surface area contributed by atoms with Crippen LogP contribution in [0.1, 0.15) is 16.1 Å². The summed E-state index contributed by atoms with van der Waals surface area (Å²) < 4.78 is 1.95. The molecule has 0 aliphatic rings. The molecular formula is C13H12ClN3S2. The summed E-state index contributed by atoms with van der Waals surface area (Å²) in [5.41, 5.74) is 1.06. The molecule has 2 heterocycles. The van der Waals surface area contributed by atoms with E-state index in [9.17, 15) is 0 Å². The van der Waals surface area contributed by atoms with Gasteiger partial charge in [-0.05, 0) is 19.2 Å². The maximum atomic E-state index is 5.92. The van der Waals surface area contributed by atoms with Crippen molar-refractivity contribution in [2.45, 2.75) is 12.5 Å². The SMILES string of the molecule is CNC(Cc1ncc(Cl)s1)c1nc2ccccc2s1. The minimum atomic E-state index is 0.180. The number of nitrogens with zero attached hydrogens (tertiary/aromatic N) is 2. The minimum Gasteiger partial charge on any atom is -0.311 e. The molecule has 1 unspecified atom stereocenters. The number of nitrogens with one attached hydrogen (secondary N) is 1. The van der Waals surface area contributed by atoms with Crippen molar-refractivity contribution in [3.63, 3.8) is 0 Å². The van der Waals surface area contributed by atoms with Crippen molar-refractivity contribution < 1.29 is 0 Å². The van der Waals surface area contributed by atoms with Crippen LogP contribution in [0.4, 0.5) is 0 Å². The molecule has 98 valence electrons. The van der Waals surface area contributed by atoms with Crippen molar-refractivity contribution in [1.82, 2.24) is 15.3 Å². The Morgan fingerprint density at radius 3 is 2.84 bits per heavy atom. The molecule has 6 heteroatoms. The zero-order valence-corrected chi connectivity index (χ0v) is 12.6. The number of hydrogen-bond acceptors (Lipinski definition) is 5. The van der Waals surface area contributed by atoms with Crippen molar-refractivity contribution in [2.75, 3.05) is 7.05 Å². The number of aromatic nitrogens is 2. The second kappa shape index (κ2) is 5.54. The van der Waals surface area contributed by atoms with Crippen LogP contribution in [0.25, 0.3) is 10.2 Å². The van der Waals surface area contributed by atoms with E-state index < -0.39 is 0 Å². The molecular weight excluding hydrogens is 298 g/mol. The van der Waals surface area contributed by atoms with Crippen LogP contribution in [0.2, 0.25) is 4.34 Å². The molecule has 0 amide bonds. The number of halogens is 1. The Labute approximate surface area is 124 Å². The van der Waals surface area contributed by atoms with Gasteiger partial charge in [-0.1, -0.05) is 23.7 Å². The highest BCUT2D eigenvalue weighted by molar-refractivity contribution is 7.18. The first-order valence-electron chi connectivity index (χ1n) is 5.89. The van der Waals surface area contributed by atoms with Gasteiger partial charge in [0.15, 0.2) is 0 Å². The van der Waals surface area contributed by atoms with Gasteiger partial charge in [0.1, 0.15) is 9.34 Å². The Morgan fingerprint density at radius 1 is 1.32 bits per heavy atom. The van der Waals surface area contributed by atoms with E-state index in [2.05, 4.69) is 21.4 Å². The average Bonchev–Trinajstić information content (AvgIpc) is 3.01. The van der Waals surface area contributed by atoms with Crippen LogP contribution in [0.3, 0.4) is 0 Å². The van der Waals surface area contributed by atoms with E-state index >= 15 is 0 Å². The molecule has 2 aromatic heterocycles. The van der Waals surface area contributed by atoms with Crippen LogP contribution < -0.4 is 5.32 Å². The highest BCUT2D eigenvalue weighted by Gasteiger charge is 2.16. The first kappa shape index (κ1) is 13.0. The summed E-state index contributed by atoms with van der Waals surface area (Å²) in [5.74, 6) is 0. The van der Waals surface area contributed by atoms with Gasteiger partial charge in [0.25, 0.3) is 0 Å². The monoisotopic (exact) mass is 309 g/mol. The molecule has 0 fully saturated rings. The molecule has 0 saturated heterocycles. The van der Waals surface area contributed by atoms with Crippen molar-refractivity contribution >= 4 is 44.5 Å². The maximum Gasteiger partial charge on any atom is 0.113 e. The predicted molar refractivity (Wildman–Crippen MR) is 82.2 cm³/mol. The molecule has 1 aromatic carbocycles. The molecule has 0 aliphatic heterocycles. The molecule has 0 spiro atoms. The van der Waals surface area contributed by atoms with E-state index in [1.807, 2.05) is 25.2 Å². The zero-order chi connectivity index (χ0) is 13.2. The maximum absolute atomic E-state index is 5.92. The van der Waals surface area contributed by atoms with Gasteiger partial charge in [0.05, 0.1) is 27.5 Å². The highest BCUT2D eigenvalue weighted by Crippen LogP contribution is 2.29. The molecule has 1 atom stereocenters. The lowest BCUT2D eigenvalue weighted by Gasteiger charge is -2.10. The quantitative estimate of drug-likeness (QED) is 0.794. The number of fused-ring (bicyclic) bond motifs is 1. The summed E-state index contributed by atoms with van der Waals surface area (Å²) in [4.78, 5) is 8.99. The van der Waals surface area contributed by atoms with Gasteiger partial charge in [-0.2, -0.15) is 0 Å². The van der Waals surface area contributed by atoms with E-state index in [-0.39, 0.29) is 6.04 Å². The summed E-state index contributed by atoms with van der Waals surface area (Å²) in [7, 11) is 1.95. The molecule has 3 nitrogen and oxygen atoms in total. The van der Waals surface area contributed by atoms with Gasteiger partial charge < -0.3 is 5.32 Å². The number of benzene rings is 1. The van der Waals surface area contributed by atoms with Crippen LogP contribution >= 0.6 is 34.3 Å². The van der Waals surface area contributed by atoms with Gasteiger partial charge in [0, 0.05) is 6.42 Å². The Balaban J connectivity index is 1.88. The van der Waals surface area contributed by atoms with Gasteiger partial charge in [-0.15, -0.1) is 22.7 Å². The van der Waals surface area contributed by atoms with E-state index in [0.717, 1.165) is 26.3 Å². The first-order valence-corrected chi connectivity index (χ1v) is 7.90. The minimum absolute atomic E-state index is 0.180. The largest absolute Gasteiger partial charge is 0.311 e. The lowest BCUT2D eigenvalue weighted by molar-refractivity contribution is 0.588. The predicted octanol–water partition coefficient (Wildman–Crippen LogP) is 3.91. The van der Waals surface area contributed by atoms with Crippen LogP contribution in [0.5, 0.6) is 0 Å². The second-order valence-corrected chi connectivity index (χ2v) is 6.93. The molecule has 19 heavy (non-hydrogen) atoms. The number of likely N-dealkylation sites (N-methyl/N-ethyl adjacent to an activating group) is 1. The Bertz CT molecular complexity index is 659. The third-order valence-electron chi connectivity index (χ3n) is 2.86. The molecule has 0 aliphatic carbocycles. The molecule has 0 radical (unpaired) electrons. The van der Waals surface area contributed by atoms with E-state index in [4.69, 9.17) is 11.6 Å². The molecule has 1 N–H and O–H groups in total. The molecule has 0 bridgehead atoms. The average molecular weight is 310 g/mol. The van der Waals surface area contributed by atoms with E-state index in [0.29, 0.717) is 0 Å². The fourth-order valence-corrected chi connectivity index (χ4v) is 3.99. The number of para-hydroxylation sites is 1. The summed E-state index contributed by atoms with van der Waals surface area (Å²) in [6.45, 7) is 0. The standard InChI is InChI=1S/C13H12ClN3S2/c1-15-9(6-12-16-7-11(14)19-12)13-17-8-4-2-3-5-10(8)18-13/h2-5,7,9,15H,6H2,1H3. The lowest BCUT2D eigenvalue weighted by atomic mass is 10.2. The third-order valence-corrected chi connectivity index (χ3v) is 5.15. The molecule has 3 aromatic rings. The van der Waals surface area contributed by atoms with Crippen LogP contribution in [0.15, 0.2) is 30.5 Å². The fraction of sp³-hybridized carbons (Fsp3) is 0.231. The number of hydrogen-bond donors (Lipinski definition) is 1. The van der Waals surface area contributed by atoms with Gasteiger partial charge in [-0.25, -0.2) is 9.97 Å². The molecule has 0 saturated carbocycles. The zero-order valence-electron chi connectivity index (χ0n) is 10.3. The van der Waals surface area contributed by atoms with Crippen LogP contribution in [0, 0.1) is 0 Å². The highest BCUT2D eigenvalue weighted by atomic mass is 35.5. The van der Waals surface area contributed by atoms with Crippen LogP contribution in [-0.4, -0.2) is 17.0 Å². The summed E-state index contributed by atoms with van der Waals surface area (Å²) >= 11 is 9.17. The number of thiazole rings is 2. The van der Waals surface area contributed by atoms with E-state index in [1.165, 1.54) is 16.0 Å². The van der Waals surface area contributed by atoms with Crippen molar-refractivity contribution in [3.8, 4) is 0 Å². The third kappa shape index (κ3) is 2.79. The fourth-order valence-electron chi connectivity index (χ4n) is 1.91. The topological polar surface area (TPSA) is 37.8 Å². The summed E-state index contributed by atoms with van der Waals surface area (Å²) in [6.07, 6.45) is 2.51. The second-order valence-electron chi connectivity index (χ2n) is 4.12. The lowest BCUT2D eigenvalue weighted by Crippen LogP contribution is -2.18. The first-order chi connectivity index (χ1) is 9.26. The number of rotatable bonds is 4. The Kier molecular flexibility index (Phi) is 3.79. The molecule has 3 rings (SSSR count). The normalized spacial score (nSPS) is 12.9. The Morgan fingerprint density at radius 2 is 2.16 bits per heavy atom. The van der Waals surface area contributed by atoms with Crippen LogP contribution in [-0.2, 0) is 6.42 Å². The van der Waals surface area contributed by atoms with E-state index in [1.54, 1.807) is 17.5 Å². The Hall–Kier alpha value is -1.01.